The van der Waals surface area contributed by atoms with Gasteiger partial charge in [-0.05, 0) is 29.7 Å². The van der Waals surface area contributed by atoms with Crippen LogP contribution in [0.2, 0.25) is 0 Å². The predicted octanol–water partition coefficient (Wildman–Crippen LogP) is 3.57. The summed E-state index contributed by atoms with van der Waals surface area (Å²) in [4.78, 5) is 16.3. The van der Waals surface area contributed by atoms with E-state index >= 15 is 0 Å². The van der Waals surface area contributed by atoms with Crippen LogP contribution in [-0.4, -0.2) is 16.0 Å². The van der Waals surface area contributed by atoms with Crippen molar-refractivity contribution < 1.29 is 9.90 Å². The summed E-state index contributed by atoms with van der Waals surface area (Å²) in [5.74, 6) is 0.285. The van der Waals surface area contributed by atoms with Gasteiger partial charge in [0.05, 0.1) is 12.2 Å². The molecule has 2 aromatic rings. The molecule has 0 aliphatic rings. The normalized spacial score (nSPS) is 11.4. The number of hydrogen-bond donors (Lipinski definition) is 2. The maximum atomic E-state index is 11.8. The average molecular weight is 304 g/mol. The molecule has 0 bridgehead atoms. The van der Waals surface area contributed by atoms with Crippen molar-refractivity contribution in [1.82, 2.24) is 10.3 Å². The Labute approximate surface area is 128 Å². The topological polar surface area (TPSA) is 62.2 Å². The lowest BCUT2D eigenvalue weighted by molar-refractivity contribution is -0.122. The second-order valence-corrected chi connectivity index (χ2v) is 7.13. The largest absolute Gasteiger partial charge is 0.508 e. The number of benzene rings is 1. The summed E-state index contributed by atoms with van der Waals surface area (Å²) in [7, 11) is 0. The van der Waals surface area contributed by atoms with Crippen LogP contribution in [0.5, 0.6) is 5.75 Å². The molecule has 0 saturated heterocycles. The van der Waals surface area contributed by atoms with Crippen LogP contribution < -0.4 is 5.32 Å². The van der Waals surface area contributed by atoms with Crippen molar-refractivity contribution in [2.75, 3.05) is 0 Å². The summed E-state index contributed by atoms with van der Waals surface area (Å²) in [6, 6.07) is 6.93. The van der Waals surface area contributed by atoms with Crippen molar-refractivity contribution in [2.45, 2.75) is 33.7 Å². The number of thiazole rings is 1. The molecule has 112 valence electrons. The fraction of sp³-hybridized carbons (Fsp3) is 0.375. The monoisotopic (exact) mass is 304 g/mol. The molecule has 2 N–H and O–H groups in total. The van der Waals surface area contributed by atoms with Crippen LogP contribution in [0.1, 0.15) is 32.2 Å². The molecular weight excluding hydrogens is 284 g/mol. The lowest BCUT2D eigenvalue weighted by Crippen LogP contribution is -2.27. The molecule has 4 nitrogen and oxygen atoms in total. The summed E-state index contributed by atoms with van der Waals surface area (Å²) >= 11 is 1.52. The third-order valence-corrected chi connectivity index (χ3v) is 3.69. The second-order valence-electron chi connectivity index (χ2n) is 6.19. The first-order valence-electron chi connectivity index (χ1n) is 6.84. The summed E-state index contributed by atoms with van der Waals surface area (Å²) < 4.78 is 0. The first kappa shape index (κ1) is 15.5. The maximum Gasteiger partial charge on any atom is 0.220 e. The highest BCUT2D eigenvalue weighted by Gasteiger charge is 2.16. The number of aromatic hydroxyl groups is 1. The first-order valence-corrected chi connectivity index (χ1v) is 7.72. The van der Waals surface area contributed by atoms with Gasteiger partial charge in [-0.25, -0.2) is 4.98 Å². The first-order chi connectivity index (χ1) is 9.83. The second kappa shape index (κ2) is 6.26. The lowest BCUT2D eigenvalue weighted by Gasteiger charge is -2.16. The molecule has 0 spiro atoms. The van der Waals surface area contributed by atoms with E-state index in [0.717, 1.165) is 16.3 Å². The molecule has 0 atom stereocenters. The number of phenolic OH excluding ortho intramolecular Hbond substituents is 1. The molecule has 1 aromatic heterocycles. The molecule has 0 radical (unpaired) electrons. The number of rotatable bonds is 4. The Kier molecular flexibility index (Phi) is 4.63. The Morgan fingerprint density at radius 3 is 2.57 bits per heavy atom. The maximum absolute atomic E-state index is 11.8. The number of aromatic nitrogens is 1. The summed E-state index contributed by atoms with van der Waals surface area (Å²) in [5, 5.41) is 15.0. The van der Waals surface area contributed by atoms with Gasteiger partial charge in [0.25, 0.3) is 0 Å². The van der Waals surface area contributed by atoms with E-state index in [-0.39, 0.29) is 17.1 Å². The van der Waals surface area contributed by atoms with Crippen molar-refractivity contribution in [3.05, 3.63) is 34.7 Å². The van der Waals surface area contributed by atoms with Crippen LogP contribution in [0.3, 0.4) is 0 Å². The number of nitrogens with one attached hydrogen (secondary N) is 1. The zero-order valence-corrected chi connectivity index (χ0v) is 13.3. The standard InChI is InChI=1S/C16H20N2O2S/c1-16(2,3)8-14(20)17-9-15-18-13(10-21-15)11-4-6-12(19)7-5-11/h4-7,10,19H,8-9H2,1-3H3,(H,17,20). The van der Waals surface area contributed by atoms with E-state index in [1.54, 1.807) is 12.1 Å². The van der Waals surface area contributed by atoms with E-state index in [0.29, 0.717) is 13.0 Å². The zero-order valence-electron chi connectivity index (χ0n) is 12.5. The highest BCUT2D eigenvalue weighted by molar-refractivity contribution is 7.09. The highest BCUT2D eigenvalue weighted by atomic mass is 32.1. The van der Waals surface area contributed by atoms with Crippen LogP contribution in [0.4, 0.5) is 0 Å². The number of nitrogens with zero attached hydrogens (tertiary/aromatic N) is 1. The van der Waals surface area contributed by atoms with Crippen LogP contribution in [0.15, 0.2) is 29.6 Å². The quantitative estimate of drug-likeness (QED) is 0.907. The molecule has 1 heterocycles. The molecule has 0 fully saturated rings. The van der Waals surface area contributed by atoms with Crippen molar-refractivity contribution in [3.8, 4) is 17.0 Å². The molecular formula is C16H20N2O2S. The van der Waals surface area contributed by atoms with Gasteiger partial charge >= 0.3 is 0 Å². The summed E-state index contributed by atoms with van der Waals surface area (Å²) in [5.41, 5.74) is 1.81. The fourth-order valence-electron chi connectivity index (χ4n) is 1.88. The molecule has 0 aliphatic carbocycles. The van der Waals surface area contributed by atoms with E-state index in [9.17, 15) is 9.90 Å². The Balaban J connectivity index is 1.94. The van der Waals surface area contributed by atoms with Gasteiger partial charge in [-0.1, -0.05) is 20.8 Å². The van der Waals surface area contributed by atoms with Crippen LogP contribution in [-0.2, 0) is 11.3 Å². The Hall–Kier alpha value is -1.88. The van der Waals surface area contributed by atoms with E-state index in [1.165, 1.54) is 11.3 Å². The summed E-state index contributed by atoms with van der Waals surface area (Å²) in [6.07, 6.45) is 0.503. The molecule has 1 amide bonds. The molecule has 21 heavy (non-hydrogen) atoms. The van der Waals surface area contributed by atoms with E-state index < -0.39 is 0 Å². The minimum Gasteiger partial charge on any atom is -0.508 e. The Morgan fingerprint density at radius 1 is 1.29 bits per heavy atom. The molecule has 0 unspecified atom stereocenters. The van der Waals surface area contributed by atoms with Gasteiger partial charge in [-0.15, -0.1) is 11.3 Å². The number of phenols is 1. The van der Waals surface area contributed by atoms with Crippen LogP contribution in [0, 0.1) is 5.41 Å². The minimum atomic E-state index is -0.00976. The Bertz CT molecular complexity index is 612. The smallest absolute Gasteiger partial charge is 0.220 e. The van der Waals surface area contributed by atoms with Gasteiger partial charge in [-0.3, -0.25) is 4.79 Å². The third-order valence-electron chi connectivity index (χ3n) is 2.84. The van der Waals surface area contributed by atoms with Crippen molar-refractivity contribution in [1.29, 1.82) is 0 Å². The minimum absolute atomic E-state index is 0.00976. The highest BCUT2D eigenvalue weighted by Crippen LogP contribution is 2.24. The molecule has 0 aliphatic heterocycles. The van der Waals surface area contributed by atoms with Crippen LogP contribution >= 0.6 is 11.3 Å². The third kappa shape index (κ3) is 4.86. The lowest BCUT2D eigenvalue weighted by atomic mass is 9.92. The SMILES string of the molecule is CC(C)(C)CC(=O)NCc1nc(-c2ccc(O)cc2)cs1. The molecule has 1 aromatic carbocycles. The number of carbonyl (C=O) groups is 1. The van der Waals surface area contributed by atoms with Gasteiger partial charge in [-0.2, -0.15) is 0 Å². The predicted molar refractivity (Wildman–Crippen MR) is 85.1 cm³/mol. The average Bonchev–Trinajstić information content (AvgIpc) is 2.84. The number of amides is 1. The number of carbonyl (C=O) groups excluding carboxylic acids is 1. The summed E-state index contributed by atoms with van der Waals surface area (Å²) in [6.45, 7) is 6.58. The van der Waals surface area contributed by atoms with Gasteiger partial charge in [0.2, 0.25) is 5.91 Å². The van der Waals surface area contributed by atoms with Crippen molar-refractivity contribution >= 4 is 17.2 Å². The Morgan fingerprint density at radius 2 is 1.95 bits per heavy atom. The van der Waals surface area contributed by atoms with Crippen molar-refractivity contribution in [3.63, 3.8) is 0 Å². The molecule has 2 rings (SSSR count). The van der Waals surface area contributed by atoms with E-state index in [4.69, 9.17) is 0 Å². The molecule has 5 heteroatoms. The number of hydrogen-bond acceptors (Lipinski definition) is 4. The fourth-order valence-corrected chi connectivity index (χ4v) is 2.62. The van der Waals surface area contributed by atoms with Crippen molar-refractivity contribution in [2.24, 2.45) is 5.41 Å². The zero-order chi connectivity index (χ0) is 15.5. The van der Waals surface area contributed by atoms with Gasteiger partial charge in [0, 0.05) is 17.4 Å². The van der Waals surface area contributed by atoms with E-state index in [2.05, 4.69) is 10.3 Å². The van der Waals surface area contributed by atoms with Gasteiger partial charge in [0.15, 0.2) is 0 Å². The van der Waals surface area contributed by atoms with Gasteiger partial charge < -0.3 is 10.4 Å². The van der Waals surface area contributed by atoms with Gasteiger partial charge in [0.1, 0.15) is 10.8 Å². The van der Waals surface area contributed by atoms with E-state index in [1.807, 2.05) is 38.3 Å². The molecule has 0 saturated carbocycles. The van der Waals surface area contributed by atoms with Crippen LogP contribution in [0.25, 0.3) is 11.3 Å².